The third-order valence-corrected chi connectivity index (χ3v) is 5.96. The molecule has 2 N–H and O–H groups in total. The molecule has 4 rings (SSSR count). The van der Waals surface area contributed by atoms with E-state index in [4.69, 9.17) is 0 Å². The van der Waals surface area contributed by atoms with Crippen molar-refractivity contribution in [1.82, 2.24) is 15.2 Å². The fourth-order valence-corrected chi connectivity index (χ4v) is 4.43. The van der Waals surface area contributed by atoms with E-state index in [1.807, 2.05) is 0 Å². The van der Waals surface area contributed by atoms with Crippen molar-refractivity contribution in [2.45, 2.75) is 38.0 Å². The van der Waals surface area contributed by atoms with Gasteiger partial charge in [0.15, 0.2) is 0 Å². The predicted octanol–water partition coefficient (Wildman–Crippen LogP) is 3.74. The number of nitrogens with one attached hydrogen (secondary N) is 2. The molecule has 0 bridgehead atoms. The summed E-state index contributed by atoms with van der Waals surface area (Å²) in [5.74, 6) is 1.70. The number of nitrogens with zero attached hydrogens (tertiary/aromatic N) is 1. The Hall–Kier alpha value is -1.32. The summed E-state index contributed by atoms with van der Waals surface area (Å²) in [4.78, 5) is 6.15. The average Bonchev–Trinajstić information content (AvgIpc) is 3.05. The molecule has 124 valence electrons. The van der Waals surface area contributed by atoms with E-state index in [9.17, 15) is 0 Å². The predicted molar refractivity (Wildman–Crippen MR) is 96.9 cm³/mol. The summed E-state index contributed by atoms with van der Waals surface area (Å²) < 4.78 is 0. The molecule has 2 aromatic rings. The summed E-state index contributed by atoms with van der Waals surface area (Å²) in [6.45, 7) is 6.32. The summed E-state index contributed by atoms with van der Waals surface area (Å²) in [6.07, 6.45) is 9.04. The summed E-state index contributed by atoms with van der Waals surface area (Å²) in [5, 5.41) is 4.90. The van der Waals surface area contributed by atoms with Crippen LogP contribution >= 0.6 is 0 Å². The number of rotatable bonds is 4. The Morgan fingerprint density at radius 2 is 1.78 bits per heavy atom. The van der Waals surface area contributed by atoms with E-state index in [1.54, 1.807) is 5.56 Å². The van der Waals surface area contributed by atoms with E-state index >= 15 is 0 Å². The number of fused-ring (bicyclic) bond motifs is 1. The van der Waals surface area contributed by atoms with E-state index in [-0.39, 0.29) is 0 Å². The van der Waals surface area contributed by atoms with Crippen molar-refractivity contribution >= 4 is 10.9 Å². The number of hydrogen-bond donors (Lipinski definition) is 2. The second kappa shape index (κ2) is 7.06. The smallest absolute Gasteiger partial charge is 0.0456 e. The van der Waals surface area contributed by atoms with Crippen LogP contribution in [0.1, 0.15) is 43.6 Å². The van der Waals surface area contributed by atoms with E-state index in [1.165, 1.54) is 75.7 Å². The summed E-state index contributed by atoms with van der Waals surface area (Å²) in [7, 11) is 0. The molecule has 2 fully saturated rings. The molecule has 3 heteroatoms. The maximum atomic E-state index is 3.47. The minimum Gasteiger partial charge on any atom is -0.361 e. The Kier molecular flexibility index (Phi) is 4.67. The van der Waals surface area contributed by atoms with Gasteiger partial charge in [-0.25, -0.2) is 0 Å². The van der Waals surface area contributed by atoms with Gasteiger partial charge >= 0.3 is 0 Å². The van der Waals surface area contributed by atoms with E-state index in [0.717, 1.165) is 11.8 Å². The van der Waals surface area contributed by atoms with Crippen LogP contribution in [0.2, 0.25) is 0 Å². The van der Waals surface area contributed by atoms with E-state index in [0.29, 0.717) is 0 Å². The minimum atomic E-state index is 0.737. The first-order valence-corrected chi connectivity index (χ1v) is 9.39. The van der Waals surface area contributed by atoms with Crippen LogP contribution in [0, 0.1) is 5.92 Å². The van der Waals surface area contributed by atoms with Crippen LogP contribution < -0.4 is 5.32 Å². The Balaban J connectivity index is 1.30. The molecule has 0 atom stereocenters. The third-order valence-electron chi connectivity index (χ3n) is 5.96. The van der Waals surface area contributed by atoms with Crippen LogP contribution in [0.15, 0.2) is 30.5 Å². The van der Waals surface area contributed by atoms with Gasteiger partial charge in [-0.15, -0.1) is 0 Å². The molecular weight excluding hydrogens is 282 g/mol. The van der Waals surface area contributed by atoms with Crippen LogP contribution in [0.5, 0.6) is 0 Å². The Bertz CT molecular complexity index is 619. The molecule has 0 radical (unpaired) electrons. The standard InChI is InChI=1S/C20H29N3/c1-2-4-20-18(3-1)19(15-22-20)17-8-13-23(14-9-17)12-7-16-5-10-21-11-6-16/h1-4,15-17,21-22H,5-14H2. The lowest BCUT2D eigenvalue weighted by Crippen LogP contribution is -2.36. The maximum Gasteiger partial charge on any atom is 0.0456 e. The van der Waals surface area contributed by atoms with Crippen LogP contribution in [-0.4, -0.2) is 42.6 Å². The number of likely N-dealkylation sites (tertiary alicyclic amines) is 1. The minimum absolute atomic E-state index is 0.737. The van der Waals surface area contributed by atoms with E-state index in [2.05, 4.69) is 45.7 Å². The molecular formula is C20H29N3. The average molecular weight is 311 g/mol. The molecule has 2 aliphatic heterocycles. The molecule has 3 nitrogen and oxygen atoms in total. The largest absolute Gasteiger partial charge is 0.361 e. The van der Waals surface area contributed by atoms with Gasteiger partial charge in [-0.2, -0.15) is 0 Å². The van der Waals surface area contributed by atoms with Gasteiger partial charge in [0.25, 0.3) is 0 Å². The monoisotopic (exact) mass is 311 g/mol. The molecule has 3 heterocycles. The van der Waals surface area contributed by atoms with Crippen molar-refractivity contribution in [3.63, 3.8) is 0 Å². The van der Waals surface area contributed by atoms with Crippen LogP contribution in [-0.2, 0) is 0 Å². The van der Waals surface area contributed by atoms with E-state index < -0.39 is 0 Å². The summed E-state index contributed by atoms with van der Waals surface area (Å²) >= 11 is 0. The van der Waals surface area contributed by atoms with Gasteiger partial charge in [0, 0.05) is 17.1 Å². The number of benzene rings is 1. The van der Waals surface area contributed by atoms with Gasteiger partial charge in [0.2, 0.25) is 0 Å². The molecule has 0 spiro atoms. The number of para-hydroxylation sites is 1. The third kappa shape index (κ3) is 3.46. The van der Waals surface area contributed by atoms with Gasteiger partial charge in [0.05, 0.1) is 0 Å². The van der Waals surface area contributed by atoms with Crippen molar-refractivity contribution in [2.75, 3.05) is 32.7 Å². The number of H-pyrrole nitrogens is 1. The zero-order valence-electron chi connectivity index (χ0n) is 14.1. The number of piperidine rings is 2. The molecule has 1 aromatic carbocycles. The zero-order valence-corrected chi connectivity index (χ0v) is 14.1. The van der Waals surface area contributed by atoms with Gasteiger partial charge in [-0.05, 0) is 88.3 Å². The second-order valence-electron chi connectivity index (χ2n) is 7.39. The van der Waals surface area contributed by atoms with Crippen molar-refractivity contribution < 1.29 is 0 Å². The van der Waals surface area contributed by atoms with Crippen LogP contribution in [0.25, 0.3) is 10.9 Å². The van der Waals surface area contributed by atoms with Crippen molar-refractivity contribution in [3.8, 4) is 0 Å². The molecule has 1 aromatic heterocycles. The molecule has 0 amide bonds. The van der Waals surface area contributed by atoms with Crippen molar-refractivity contribution in [1.29, 1.82) is 0 Å². The first-order chi connectivity index (χ1) is 11.4. The normalized spacial score (nSPS) is 21.9. The zero-order chi connectivity index (χ0) is 15.5. The van der Waals surface area contributed by atoms with Crippen molar-refractivity contribution in [2.24, 2.45) is 5.92 Å². The van der Waals surface area contributed by atoms with Gasteiger partial charge in [-0.3, -0.25) is 0 Å². The summed E-state index contributed by atoms with van der Waals surface area (Å²) in [6, 6.07) is 8.73. The van der Waals surface area contributed by atoms with Gasteiger partial charge in [-0.1, -0.05) is 18.2 Å². The summed E-state index contributed by atoms with van der Waals surface area (Å²) in [5.41, 5.74) is 2.83. The molecule has 2 saturated heterocycles. The number of aromatic nitrogens is 1. The Morgan fingerprint density at radius 3 is 2.61 bits per heavy atom. The Labute approximate surface area is 139 Å². The molecule has 0 unspecified atom stereocenters. The maximum absolute atomic E-state index is 3.47. The number of aromatic amines is 1. The second-order valence-corrected chi connectivity index (χ2v) is 7.39. The SMILES string of the molecule is c1ccc2c(C3CCN(CCC4CCNCC4)CC3)c[nH]c2c1. The number of hydrogen-bond acceptors (Lipinski definition) is 2. The first-order valence-electron chi connectivity index (χ1n) is 9.39. The van der Waals surface area contributed by atoms with Crippen molar-refractivity contribution in [3.05, 3.63) is 36.0 Å². The van der Waals surface area contributed by atoms with Gasteiger partial charge in [0.1, 0.15) is 0 Å². The molecule has 0 aliphatic carbocycles. The molecule has 23 heavy (non-hydrogen) atoms. The first kappa shape index (κ1) is 15.2. The topological polar surface area (TPSA) is 31.1 Å². The lowest BCUT2D eigenvalue weighted by molar-refractivity contribution is 0.191. The van der Waals surface area contributed by atoms with Crippen LogP contribution in [0.4, 0.5) is 0 Å². The highest BCUT2D eigenvalue weighted by atomic mass is 15.1. The van der Waals surface area contributed by atoms with Crippen LogP contribution in [0.3, 0.4) is 0 Å². The lowest BCUT2D eigenvalue weighted by atomic mass is 9.88. The highest BCUT2D eigenvalue weighted by Gasteiger charge is 2.23. The van der Waals surface area contributed by atoms with Gasteiger partial charge < -0.3 is 15.2 Å². The Morgan fingerprint density at radius 1 is 1.00 bits per heavy atom. The highest BCUT2D eigenvalue weighted by molar-refractivity contribution is 5.83. The molecule has 2 aliphatic rings. The lowest BCUT2D eigenvalue weighted by Gasteiger charge is -2.33. The molecule has 0 saturated carbocycles. The quantitative estimate of drug-likeness (QED) is 0.901. The fraction of sp³-hybridized carbons (Fsp3) is 0.600. The fourth-order valence-electron chi connectivity index (χ4n) is 4.43. The highest BCUT2D eigenvalue weighted by Crippen LogP contribution is 2.33.